The van der Waals surface area contributed by atoms with Gasteiger partial charge in [0.15, 0.2) is 0 Å². The van der Waals surface area contributed by atoms with Crippen LogP contribution in [0.2, 0.25) is 0 Å². The average molecular weight is 230 g/mol. The minimum absolute atomic E-state index is 0.592. The molecule has 1 aliphatic rings. The molecule has 1 aromatic heterocycles. The molecule has 2 aromatic rings. The summed E-state index contributed by atoms with van der Waals surface area (Å²) < 4.78 is 0. The lowest BCUT2D eigenvalue weighted by Gasteiger charge is -2.17. The van der Waals surface area contributed by atoms with Crippen LogP contribution in [0.15, 0.2) is 24.4 Å². The fourth-order valence-corrected chi connectivity index (χ4v) is 2.43. The van der Waals surface area contributed by atoms with Gasteiger partial charge in [0, 0.05) is 17.1 Å². The van der Waals surface area contributed by atoms with Gasteiger partial charge in [-0.3, -0.25) is 5.10 Å². The highest BCUT2D eigenvalue weighted by Gasteiger charge is 2.11. The van der Waals surface area contributed by atoms with E-state index >= 15 is 0 Å². The molecule has 4 nitrogen and oxygen atoms in total. The lowest BCUT2D eigenvalue weighted by Crippen LogP contribution is -2.21. The van der Waals surface area contributed by atoms with E-state index < -0.39 is 0 Å². The highest BCUT2D eigenvalue weighted by atomic mass is 15.1. The molecule has 1 aliphatic heterocycles. The van der Waals surface area contributed by atoms with Gasteiger partial charge < -0.3 is 10.6 Å². The molecule has 90 valence electrons. The molecule has 0 radical (unpaired) electrons. The number of aromatic amines is 1. The Labute approximate surface area is 101 Å². The molecule has 2 heterocycles. The third kappa shape index (κ3) is 2.42. The maximum atomic E-state index is 4.04. The zero-order valence-corrected chi connectivity index (χ0v) is 9.87. The van der Waals surface area contributed by atoms with Crippen LogP contribution in [0, 0.1) is 0 Å². The molecule has 1 unspecified atom stereocenters. The van der Waals surface area contributed by atoms with E-state index in [0.717, 1.165) is 18.6 Å². The van der Waals surface area contributed by atoms with Gasteiger partial charge in [-0.1, -0.05) is 0 Å². The molecule has 17 heavy (non-hydrogen) atoms. The number of hydrogen-bond acceptors (Lipinski definition) is 3. The van der Waals surface area contributed by atoms with E-state index in [4.69, 9.17) is 0 Å². The van der Waals surface area contributed by atoms with Crippen molar-refractivity contribution in [2.24, 2.45) is 0 Å². The number of rotatable bonds is 2. The van der Waals surface area contributed by atoms with Crippen LogP contribution < -0.4 is 10.6 Å². The molecule has 1 fully saturated rings. The summed E-state index contributed by atoms with van der Waals surface area (Å²) in [5.74, 6) is 0. The van der Waals surface area contributed by atoms with E-state index in [0.29, 0.717) is 6.04 Å². The quantitative estimate of drug-likeness (QED) is 0.740. The predicted octanol–water partition coefficient (Wildman–Crippen LogP) is 2.12. The number of H-pyrrole nitrogens is 1. The Morgan fingerprint density at radius 1 is 1.24 bits per heavy atom. The number of hydrogen-bond donors (Lipinski definition) is 3. The molecule has 1 aromatic carbocycles. The van der Waals surface area contributed by atoms with Crippen molar-refractivity contribution < 1.29 is 0 Å². The summed E-state index contributed by atoms with van der Waals surface area (Å²) in [5, 5.41) is 15.2. The molecule has 0 amide bonds. The lowest BCUT2D eigenvalue weighted by molar-refractivity contribution is 0.638. The molecule has 0 saturated carbocycles. The monoisotopic (exact) mass is 230 g/mol. The SMILES string of the molecule is c1cc2[nH]ncc2cc1NC1CCCNCC1. The Bertz CT molecular complexity index is 483. The minimum atomic E-state index is 0.592. The van der Waals surface area contributed by atoms with Gasteiger partial charge in [-0.15, -0.1) is 0 Å². The molecular weight excluding hydrogens is 212 g/mol. The number of anilines is 1. The third-order valence-corrected chi connectivity index (χ3v) is 3.39. The molecule has 4 heteroatoms. The number of aromatic nitrogens is 2. The molecule has 0 aliphatic carbocycles. The third-order valence-electron chi connectivity index (χ3n) is 3.39. The van der Waals surface area contributed by atoms with Crippen LogP contribution in [0.25, 0.3) is 10.9 Å². The fourth-order valence-electron chi connectivity index (χ4n) is 2.43. The molecule has 0 bridgehead atoms. The summed E-state index contributed by atoms with van der Waals surface area (Å²) >= 11 is 0. The molecule has 3 N–H and O–H groups in total. The Morgan fingerprint density at radius 3 is 3.24 bits per heavy atom. The van der Waals surface area contributed by atoms with Crippen molar-refractivity contribution in [2.45, 2.75) is 25.3 Å². The van der Waals surface area contributed by atoms with E-state index in [1.807, 2.05) is 6.20 Å². The summed E-state index contributed by atoms with van der Waals surface area (Å²) in [6.07, 6.45) is 5.57. The average Bonchev–Trinajstić information content (AvgIpc) is 2.65. The van der Waals surface area contributed by atoms with Crippen LogP contribution in [0.5, 0.6) is 0 Å². The number of nitrogens with one attached hydrogen (secondary N) is 3. The molecular formula is C13H18N4. The minimum Gasteiger partial charge on any atom is -0.382 e. The topological polar surface area (TPSA) is 52.7 Å². The normalized spacial score (nSPS) is 21.3. The Hall–Kier alpha value is -1.55. The first-order valence-electron chi connectivity index (χ1n) is 6.32. The van der Waals surface area contributed by atoms with Gasteiger partial charge in [0.25, 0.3) is 0 Å². The Balaban J connectivity index is 1.74. The van der Waals surface area contributed by atoms with Crippen LogP contribution in [0.1, 0.15) is 19.3 Å². The van der Waals surface area contributed by atoms with Crippen LogP contribution in [0.3, 0.4) is 0 Å². The fraction of sp³-hybridized carbons (Fsp3) is 0.462. The summed E-state index contributed by atoms with van der Waals surface area (Å²) in [6, 6.07) is 6.96. The summed E-state index contributed by atoms with van der Waals surface area (Å²) in [4.78, 5) is 0. The van der Waals surface area contributed by atoms with E-state index in [9.17, 15) is 0 Å². The summed E-state index contributed by atoms with van der Waals surface area (Å²) in [5.41, 5.74) is 2.30. The molecule has 3 rings (SSSR count). The second-order valence-electron chi connectivity index (χ2n) is 4.69. The van der Waals surface area contributed by atoms with Gasteiger partial charge in [0.2, 0.25) is 0 Å². The van der Waals surface area contributed by atoms with E-state index in [1.165, 1.54) is 30.3 Å². The molecule has 1 atom stereocenters. The second kappa shape index (κ2) is 4.75. The maximum absolute atomic E-state index is 4.04. The summed E-state index contributed by atoms with van der Waals surface area (Å²) in [6.45, 7) is 2.27. The number of nitrogens with zero attached hydrogens (tertiary/aromatic N) is 1. The van der Waals surface area contributed by atoms with Crippen LogP contribution in [-0.2, 0) is 0 Å². The first kappa shape index (κ1) is 10.6. The van der Waals surface area contributed by atoms with Crippen molar-refractivity contribution in [1.29, 1.82) is 0 Å². The maximum Gasteiger partial charge on any atom is 0.0651 e. The number of benzene rings is 1. The number of fused-ring (bicyclic) bond motifs is 1. The van der Waals surface area contributed by atoms with Gasteiger partial charge in [0.1, 0.15) is 0 Å². The van der Waals surface area contributed by atoms with E-state index in [1.54, 1.807) is 0 Å². The van der Waals surface area contributed by atoms with Gasteiger partial charge >= 0.3 is 0 Å². The van der Waals surface area contributed by atoms with E-state index in [-0.39, 0.29) is 0 Å². The van der Waals surface area contributed by atoms with E-state index in [2.05, 4.69) is 39.0 Å². The van der Waals surface area contributed by atoms with Gasteiger partial charge in [-0.25, -0.2) is 0 Å². The van der Waals surface area contributed by atoms with Crippen molar-refractivity contribution in [3.05, 3.63) is 24.4 Å². The van der Waals surface area contributed by atoms with Gasteiger partial charge in [-0.2, -0.15) is 5.10 Å². The molecule has 0 spiro atoms. The standard InChI is InChI=1S/C13H18N4/c1-2-11(5-7-14-6-1)16-12-3-4-13-10(8-12)9-15-17-13/h3-4,8-9,11,14,16H,1-2,5-7H2,(H,15,17). The van der Waals surface area contributed by atoms with Crippen molar-refractivity contribution >= 4 is 16.6 Å². The van der Waals surface area contributed by atoms with Crippen LogP contribution >= 0.6 is 0 Å². The van der Waals surface area contributed by atoms with Crippen molar-refractivity contribution in [1.82, 2.24) is 15.5 Å². The molecule has 1 saturated heterocycles. The summed E-state index contributed by atoms with van der Waals surface area (Å²) in [7, 11) is 0. The second-order valence-corrected chi connectivity index (χ2v) is 4.69. The van der Waals surface area contributed by atoms with Crippen LogP contribution in [0.4, 0.5) is 5.69 Å². The van der Waals surface area contributed by atoms with Gasteiger partial charge in [0.05, 0.1) is 11.7 Å². The smallest absolute Gasteiger partial charge is 0.0651 e. The predicted molar refractivity (Wildman–Crippen MR) is 70.2 cm³/mol. The van der Waals surface area contributed by atoms with Crippen molar-refractivity contribution in [3.63, 3.8) is 0 Å². The Morgan fingerprint density at radius 2 is 2.24 bits per heavy atom. The largest absolute Gasteiger partial charge is 0.382 e. The Kier molecular flexibility index (Phi) is 2.96. The highest BCUT2D eigenvalue weighted by molar-refractivity contribution is 5.81. The first-order valence-corrected chi connectivity index (χ1v) is 6.32. The highest BCUT2D eigenvalue weighted by Crippen LogP contribution is 2.19. The van der Waals surface area contributed by atoms with Crippen molar-refractivity contribution in [3.8, 4) is 0 Å². The zero-order valence-electron chi connectivity index (χ0n) is 9.87. The van der Waals surface area contributed by atoms with Crippen LogP contribution in [-0.4, -0.2) is 29.3 Å². The van der Waals surface area contributed by atoms with Crippen molar-refractivity contribution in [2.75, 3.05) is 18.4 Å². The first-order chi connectivity index (χ1) is 8.42. The zero-order chi connectivity index (χ0) is 11.5. The van der Waals surface area contributed by atoms with Gasteiger partial charge in [-0.05, 0) is 50.6 Å². The lowest BCUT2D eigenvalue weighted by atomic mass is 10.1.